The molecule has 0 saturated heterocycles. The Morgan fingerprint density at radius 1 is 1.53 bits per heavy atom. The number of nitriles is 1. The van der Waals surface area contributed by atoms with E-state index in [0.29, 0.717) is 17.0 Å². The van der Waals surface area contributed by atoms with E-state index in [2.05, 4.69) is 20.2 Å². The molecule has 2 aromatic heterocycles. The molecule has 6 heteroatoms. The molecule has 0 bridgehead atoms. The summed E-state index contributed by atoms with van der Waals surface area (Å²) in [6, 6.07) is 3.80. The molecule has 2 aromatic rings. The van der Waals surface area contributed by atoms with Crippen LogP contribution in [0.4, 0.5) is 5.95 Å². The van der Waals surface area contributed by atoms with Gasteiger partial charge in [-0.3, -0.25) is 5.10 Å². The molecule has 74 valence electrons. The lowest BCUT2D eigenvalue weighted by Gasteiger charge is -1.99. The lowest BCUT2D eigenvalue weighted by molar-refractivity contribution is 1.04. The summed E-state index contributed by atoms with van der Waals surface area (Å²) in [6.45, 7) is 1.84. The maximum Gasteiger partial charge on any atom is 0.220 e. The van der Waals surface area contributed by atoms with Crippen LogP contribution in [0.15, 0.2) is 12.3 Å². The molecule has 0 fully saturated rings. The van der Waals surface area contributed by atoms with Crippen molar-refractivity contribution in [1.82, 2.24) is 20.2 Å². The number of hydrogen-bond donors (Lipinski definition) is 2. The average molecular weight is 200 g/mol. The summed E-state index contributed by atoms with van der Waals surface area (Å²) in [5.41, 5.74) is 7.80. The number of nitrogens with two attached hydrogens (primary N) is 1. The zero-order chi connectivity index (χ0) is 10.8. The van der Waals surface area contributed by atoms with Crippen LogP contribution in [0.25, 0.3) is 11.4 Å². The van der Waals surface area contributed by atoms with Crippen LogP contribution in [-0.4, -0.2) is 20.2 Å². The minimum atomic E-state index is 0.135. The summed E-state index contributed by atoms with van der Waals surface area (Å²) in [5.74, 6) is 0.135. The topological polar surface area (TPSA) is 104 Å². The van der Waals surface area contributed by atoms with E-state index in [4.69, 9.17) is 11.0 Å². The first-order valence-electron chi connectivity index (χ1n) is 4.25. The summed E-state index contributed by atoms with van der Waals surface area (Å²) < 4.78 is 0. The number of rotatable bonds is 1. The van der Waals surface area contributed by atoms with E-state index >= 15 is 0 Å². The van der Waals surface area contributed by atoms with Gasteiger partial charge >= 0.3 is 0 Å². The third-order valence-electron chi connectivity index (χ3n) is 1.89. The molecule has 0 spiro atoms. The lowest BCUT2D eigenvalue weighted by Crippen LogP contribution is -1.98. The van der Waals surface area contributed by atoms with Gasteiger partial charge in [-0.05, 0) is 13.0 Å². The van der Waals surface area contributed by atoms with Gasteiger partial charge in [0.25, 0.3) is 0 Å². The predicted octanol–water partition coefficient (Wildman–Crippen LogP) is 0.629. The van der Waals surface area contributed by atoms with Gasteiger partial charge in [-0.1, -0.05) is 0 Å². The van der Waals surface area contributed by atoms with Crippen LogP contribution in [0.1, 0.15) is 11.3 Å². The van der Waals surface area contributed by atoms with Gasteiger partial charge in [-0.2, -0.15) is 10.4 Å². The van der Waals surface area contributed by atoms with Gasteiger partial charge in [0.05, 0.1) is 23.1 Å². The molecule has 0 atom stereocenters. The number of nitrogens with zero attached hydrogens (tertiary/aromatic N) is 4. The van der Waals surface area contributed by atoms with Crippen molar-refractivity contribution in [3.05, 3.63) is 23.5 Å². The molecule has 0 saturated carbocycles. The van der Waals surface area contributed by atoms with Crippen LogP contribution in [0, 0.1) is 18.3 Å². The average Bonchev–Trinajstić information content (AvgIpc) is 2.65. The van der Waals surface area contributed by atoms with E-state index < -0.39 is 0 Å². The number of aromatic amines is 1. The minimum Gasteiger partial charge on any atom is -0.368 e. The summed E-state index contributed by atoms with van der Waals surface area (Å²) >= 11 is 0. The molecule has 0 aliphatic rings. The van der Waals surface area contributed by atoms with Gasteiger partial charge in [-0.15, -0.1) is 0 Å². The number of nitrogens with one attached hydrogen (secondary N) is 1. The highest BCUT2D eigenvalue weighted by Gasteiger charge is 2.10. The highest BCUT2D eigenvalue weighted by Crippen LogP contribution is 2.19. The normalized spacial score (nSPS) is 9.87. The summed E-state index contributed by atoms with van der Waals surface area (Å²) in [4.78, 5) is 7.75. The first-order chi connectivity index (χ1) is 7.20. The second kappa shape index (κ2) is 3.38. The maximum atomic E-state index is 8.87. The van der Waals surface area contributed by atoms with Crippen molar-refractivity contribution >= 4 is 5.95 Å². The Morgan fingerprint density at radius 2 is 2.33 bits per heavy atom. The van der Waals surface area contributed by atoms with Gasteiger partial charge in [0.2, 0.25) is 5.95 Å². The number of aromatic nitrogens is 4. The quantitative estimate of drug-likeness (QED) is 0.702. The molecule has 0 radical (unpaired) electrons. The van der Waals surface area contributed by atoms with Crippen molar-refractivity contribution in [2.24, 2.45) is 0 Å². The van der Waals surface area contributed by atoms with Crippen molar-refractivity contribution in [2.75, 3.05) is 5.73 Å². The van der Waals surface area contributed by atoms with E-state index in [1.165, 1.54) is 6.20 Å². The molecule has 2 rings (SSSR count). The van der Waals surface area contributed by atoms with Crippen LogP contribution in [0.3, 0.4) is 0 Å². The van der Waals surface area contributed by atoms with Crippen molar-refractivity contribution in [1.29, 1.82) is 5.26 Å². The Morgan fingerprint density at radius 3 is 2.93 bits per heavy atom. The molecule has 0 aromatic carbocycles. The smallest absolute Gasteiger partial charge is 0.220 e. The maximum absolute atomic E-state index is 8.87. The lowest BCUT2D eigenvalue weighted by atomic mass is 10.2. The third-order valence-corrected chi connectivity index (χ3v) is 1.89. The van der Waals surface area contributed by atoms with Crippen LogP contribution < -0.4 is 5.73 Å². The summed E-state index contributed by atoms with van der Waals surface area (Å²) in [7, 11) is 0. The van der Waals surface area contributed by atoms with Crippen molar-refractivity contribution in [3.63, 3.8) is 0 Å². The fourth-order valence-corrected chi connectivity index (χ4v) is 1.23. The molecule has 0 aliphatic heterocycles. The van der Waals surface area contributed by atoms with E-state index in [1.807, 2.05) is 13.0 Å². The Labute approximate surface area is 85.8 Å². The van der Waals surface area contributed by atoms with E-state index in [1.54, 1.807) is 6.07 Å². The minimum absolute atomic E-state index is 0.135. The molecule has 0 amide bonds. The van der Waals surface area contributed by atoms with Crippen molar-refractivity contribution in [2.45, 2.75) is 6.92 Å². The second-order valence-electron chi connectivity index (χ2n) is 3.03. The van der Waals surface area contributed by atoms with Gasteiger partial charge in [0.1, 0.15) is 11.8 Å². The monoisotopic (exact) mass is 200 g/mol. The number of hydrogen-bond acceptors (Lipinski definition) is 5. The Balaban J connectivity index is 2.61. The van der Waals surface area contributed by atoms with E-state index in [-0.39, 0.29) is 5.95 Å². The fraction of sp³-hybridized carbons (Fsp3) is 0.111. The van der Waals surface area contributed by atoms with Crippen molar-refractivity contribution in [3.8, 4) is 17.5 Å². The standard InChI is InChI=1S/C9H8N6/c1-5-2-7(15-14-5)8-6(3-10)4-12-9(11)13-8/h2,4H,1H3,(H,14,15)(H2,11,12,13). The third kappa shape index (κ3) is 1.62. The number of nitrogen functional groups attached to an aromatic ring is 1. The van der Waals surface area contributed by atoms with E-state index in [0.717, 1.165) is 5.69 Å². The van der Waals surface area contributed by atoms with Crippen LogP contribution >= 0.6 is 0 Å². The summed E-state index contributed by atoms with van der Waals surface area (Å²) in [5, 5.41) is 15.6. The molecule has 2 heterocycles. The zero-order valence-corrected chi connectivity index (χ0v) is 8.02. The Kier molecular flexibility index (Phi) is 2.06. The van der Waals surface area contributed by atoms with Crippen molar-refractivity contribution < 1.29 is 0 Å². The zero-order valence-electron chi connectivity index (χ0n) is 8.02. The molecule has 15 heavy (non-hydrogen) atoms. The van der Waals surface area contributed by atoms with E-state index in [9.17, 15) is 0 Å². The first-order valence-corrected chi connectivity index (χ1v) is 4.25. The van der Waals surface area contributed by atoms with Crippen LogP contribution in [0.2, 0.25) is 0 Å². The molecule has 0 unspecified atom stereocenters. The Bertz CT molecular complexity index is 536. The molecule has 6 nitrogen and oxygen atoms in total. The molecule has 0 aliphatic carbocycles. The highest BCUT2D eigenvalue weighted by molar-refractivity contribution is 5.63. The fourth-order valence-electron chi connectivity index (χ4n) is 1.23. The summed E-state index contributed by atoms with van der Waals surface area (Å²) in [6.07, 6.45) is 1.40. The number of aryl methyl sites for hydroxylation is 1. The number of H-pyrrole nitrogens is 1. The molecular weight excluding hydrogens is 192 g/mol. The van der Waals surface area contributed by atoms with Gasteiger partial charge in [0, 0.05) is 0 Å². The van der Waals surface area contributed by atoms with Gasteiger partial charge in [0.15, 0.2) is 0 Å². The molecule has 3 N–H and O–H groups in total. The van der Waals surface area contributed by atoms with Gasteiger partial charge < -0.3 is 5.73 Å². The Hall–Kier alpha value is -2.42. The van der Waals surface area contributed by atoms with Crippen LogP contribution in [-0.2, 0) is 0 Å². The largest absolute Gasteiger partial charge is 0.368 e. The van der Waals surface area contributed by atoms with Gasteiger partial charge in [-0.25, -0.2) is 9.97 Å². The molecular formula is C9H8N6. The SMILES string of the molecule is Cc1cc(-c2nc(N)ncc2C#N)[nH]n1. The number of anilines is 1. The predicted molar refractivity (Wildman–Crippen MR) is 53.5 cm³/mol. The van der Waals surface area contributed by atoms with Crippen LogP contribution in [0.5, 0.6) is 0 Å². The second-order valence-corrected chi connectivity index (χ2v) is 3.03. The first kappa shape index (κ1) is 9.15. The highest BCUT2D eigenvalue weighted by atomic mass is 15.1.